The smallest absolute Gasteiger partial charge is 0.303 e. The zero-order chi connectivity index (χ0) is 20.1. The molecule has 2 aromatic rings. The van der Waals surface area contributed by atoms with Crippen molar-refractivity contribution in [2.75, 3.05) is 18.5 Å². The quantitative estimate of drug-likeness (QED) is 0.689. The maximum Gasteiger partial charge on any atom is 0.303 e. The minimum atomic E-state index is -0.969. The zero-order valence-corrected chi connectivity index (χ0v) is 15.9. The van der Waals surface area contributed by atoms with Crippen molar-refractivity contribution >= 4 is 23.5 Å². The van der Waals surface area contributed by atoms with Gasteiger partial charge in [0.15, 0.2) is 0 Å². The van der Waals surface area contributed by atoms with Gasteiger partial charge in [-0.1, -0.05) is 48.5 Å². The number of amides is 2. The summed E-state index contributed by atoms with van der Waals surface area (Å²) in [7, 11) is 1.73. The first-order valence-corrected chi connectivity index (χ1v) is 9.34. The van der Waals surface area contributed by atoms with Gasteiger partial charge >= 0.3 is 5.97 Å². The first-order valence-electron chi connectivity index (χ1n) is 9.34. The zero-order valence-electron chi connectivity index (χ0n) is 15.9. The molecule has 1 heterocycles. The molecule has 0 saturated carbocycles. The molecule has 2 amide bonds. The molecule has 0 saturated heterocycles. The van der Waals surface area contributed by atoms with Crippen molar-refractivity contribution in [2.45, 2.75) is 31.1 Å². The number of likely N-dealkylation sites (N-methyl/N-ethyl adjacent to an activating group) is 1. The van der Waals surface area contributed by atoms with E-state index >= 15 is 0 Å². The SMILES string of the molecule is CN1C(=O)[C@@](CC(=O)NCCCC(=O)O)(Cc2ccccc2)c2ccccc21. The molecule has 1 aliphatic heterocycles. The van der Waals surface area contributed by atoms with E-state index in [-0.39, 0.29) is 31.2 Å². The Morgan fingerprint density at radius 3 is 2.46 bits per heavy atom. The number of nitrogens with zero attached hydrogens (tertiary/aromatic N) is 1. The Labute approximate surface area is 164 Å². The third kappa shape index (κ3) is 3.91. The number of benzene rings is 2. The van der Waals surface area contributed by atoms with Gasteiger partial charge in [-0.2, -0.15) is 0 Å². The van der Waals surface area contributed by atoms with Gasteiger partial charge in [0.25, 0.3) is 0 Å². The van der Waals surface area contributed by atoms with E-state index in [4.69, 9.17) is 5.11 Å². The summed E-state index contributed by atoms with van der Waals surface area (Å²) in [6.07, 6.45) is 0.808. The van der Waals surface area contributed by atoms with E-state index in [0.29, 0.717) is 12.8 Å². The molecule has 146 valence electrons. The lowest BCUT2D eigenvalue weighted by atomic mass is 9.73. The van der Waals surface area contributed by atoms with Crippen LogP contribution in [-0.4, -0.2) is 36.5 Å². The van der Waals surface area contributed by atoms with E-state index in [1.807, 2.05) is 54.6 Å². The number of carboxylic acids is 1. The van der Waals surface area contributed by atoms with Crippen LogP contribution in [0.2, 0.25) is 0 Å². The summed E-state index contributed by atoms with van der Waals surface area (Å²) in [5, 5.41) is 11.5. The normalized spacial score (nSPS) is 18.0. The lowest BCUT2D eigenvalue weighted by Gasteiger charge is -2.28. The van der Waals surface area contributed by atoms with E-state index in [1.165, 1.54) is 0 Å². The average Bonchev–Trinajstić information content (AvgIpc) is 2.88. The van der Waals surface area contributed by atoms with Crippen LogP contribution in [0.5, 0.6) is 0 Å². The van der Waals surface area contributed by atoms with Crippen LogP contribution < -0.4 is 10.2 Å². The number of hydrogen-bond donors (Lipinski definition) is 2. The van der Waals surface area contributed by atoms with E-state index in [0.717, 1.165) is 16.8 Å². The first kappa shape index (κ1) is 19.6. The fraction of sp³-hybridized carbons (Fsp3) is 0.318. The van der Waals surface area contributed by atoms with E-state index in [9.17, 15) is 14.4 Å². The summed E-state index contributed by atoms with van der Waals surface area (Å²) in [5.74, 6) is -1.24. The van der Waals surface area contributed by atoms with Crippen molar-refractivity contribution in [3.63, 3.8) is 0 Å². The Morgan fingerprint density at radius 1 is 1.07 bits per heavy atom. The van der Waals surface area contributed by atoms with Crippen LogP contribution >= 0.6 is 0 Å². The van der Waals surface area contributed by atoms with Gasteiger partial charge in [0.1, 0.15) is 0 Å². The number of carbonyl (C=O) groups excluding carboxylic acids is 2. The summed E-state index contributed by atoms with van der Waals surface area (Å²) in [5.41, 5.74) is 1.69. The lowest BCUT2D eigenvalue weighted by molar-refractivity contribution is -0.137. The molecule has 1 atom stereocenters. The van der Waals surface area contributed by atoms with Crippen molar-refractivity contribution in [3.05, 3.63) is 65.7 Å². The summed E-state index contributed by atoms with van der Waals surface area (Å²) >= 11 is 0. The van der Waals surface area contributed by atoms with Gasteiger partial charge in [-0.3, -0.25) is 14.4 Å². The fourth-order valence-corrected chi connectivity index (χ4v) is 3.87. The minimum Gasteiger partial charge on any atom is -0.481 e. The molecule has 0 spiro atoms. The van der Waals surface area contributed by atoms with Crippen LogP contribution in [-0.2, 0) is 26.2 Å². The van der Waals surface area contributed by atoms with E-state index < -0.39 is 11.4 Å². The second kappa shape index (κ2) is 8.25. The number of para-hydroxylation sites is 1. The highest BCUT2D eigenvalue weighted by Crippen LogP contribution is 2.45. The summed E-state index contributed by atoms with van der Waals surface area (Å²) in [6.45, 7) is 0.276. The van der Waals surface area contributed by atoms with Crippen LogP contribution in [0.4, 0.5) is 5.69 Å². The lowest BCUT2D eigenvalue weighted by Crippen LogP contribution is -2.44. The Balaban J connectivity index is 1.87. The highest BCUT2D eigenvalue weighted by molar-refractivity contribution is 6.09. The first-order chi connectivity index (χ1) is 13.4. The molecule has 2 aromatic carbocycles. The van der Waals surface area contributed by atoms with E-state index in [2.05, 4.69) is 5.32 Å². The van der Waals surface area contributed by atoms with Crippen molar-refractivity contribution in [3.8, 4) is 0 Å². The van der Waals surface area contributed by atoms with E-state index in [1.54, 1.807) is 11.9 Å². The van der Waals surface area contributed by atoms with Crippen LogP contribution in [0.15, 0.2) is 54.6 Å². The molecule has 28 heavy (non-hydrogen) atoms. The second-order valence-electron chi connectivity index (χ2n) is 7.15. The van der Waals surface area contributed by atoms with Crippen LogP contribution in [0, 0.1) is 0 Å². The van der Waals surface area contributed by atoms with Crippen LogP contribution in [0.25, 0.3) is 0 Å². The van der Waals surface area contributed by atoms with Gasteiger partial charge in [-0.25, -0.2) is 0 Å². The number of aliphatic carboxylic acids is 1. The molecule has 0 radical (unpaired) electrons. The third-order valence-corrected chi connectivity index (χ3v) is 5.20. The molecule has 6 nitrogen and oxygen atoms in total. The topological polar surface area (TPSA) is 86.7 Å². The van der Waals surface area contributed by atoms with Gasteiger partial charge in [-0.05, 0) is 30.0 Å². The summed E-state index contributed by atoms with van der Waals surface area (Å²) < 4.78 is 0. The predicted molar refractivity (Wildman–Crippen MR) is 106 cm³/mol. The highest BCUT2D eigenvalue weighted by Gasteiger charge is 2.50. The molecule has 0 aromatic heterocycles. The number of anilines is 1. The molecule has 0 bridgehead atoms. The molecule has 0 aliphatic carbocycles. The number of carbonyl (C=O) groups is 3. The Bertz CT molecular complexity index is 881. The van der Waals surface area contributed by atoms with Gasteiger partial charge in [0.2, 0.25) is 11.8 Å². The molecule has 0 fully saturated rings. The molecular weight excluding hydrogens is 356 g/mol. The third-order valence-electron chi connectivity index (χ3n) is 5.20. The van der Waals surface area contributed by atoms with Crippen LogP contribution in [0.1, 0.15) is 30.4 Å². The number of hydrogen-bond acceptors (Lipinski definition) is 3. The molecular formula is C22H24N2O4. The highest BCUT2D eigenvalue weighted by atomic mass is 16.4. The summed E-state index contributed by atoms with van der Waals surface area (Å²) in [4.78, 5) is 38.2. The van der Waals surface area contributed by atoms with Crippen LogP contribution in [0.3, 0.4) is 0 Å². The van der Waals surface area contributed by atoms with Crippen molar-refractivity contribution < 1.29 is 19.5 Å². The van der Waals surface area contributed by atoms with Gasteiger partial charge in [0.05, 0.1) is 5.41 Å². The average molecular weight is 380 g/mol. The largest absolute Gasteiger partial charge is 0.481 e. The molecule has 6 heteroatoms. The fourth-order valence-electron chi connectivity index (χ4n) is 3.87. The number of fused-ring (bicyclic) bond motifs is 1. The minimum absolute atomic E-state index is 0.0000596. The second-order valence-corrected chi connectivity index (χ2v) is 7.15. The predicted octanol–water partition coefficient (Wildman–Crippen LogP) is 2.51. The standard InChI is InChI=1S/C22H24N2O4/c1-24-18-11-6-5-10-17(18)22(21(24)28,14-16-8-3-2-4-9-16)15-19(25)23-13-7-12-20(26)27/h2-6,8-11H,7,12-15H2,1H3,(H,23,25)(H,26,27)/t22-/m1/s1. The van der Waals surface area contributed by atoms with Crippen molar-refractivity contribution in [2.24, 2.45) is 0 Å². The van der Waals surface area contributed by atoms with Gasteiger partial charge < -0.3 is 15.3 Å². The molecule has 1 aliphatic rings. The van der Waals surface area contributed by atoms with Gasteiger partial charge in [0, 0.05) is 32.1 Å². The van der Waals surface area contributed by atoms with Crippen molar-refractivity contribution in [1.29, 1.82) is 0 Å². The molecule has 2 N–H and O–H groups in total. The molecule has 3 rings (SSSR count). The Morgan fingerprint density at radius 2 is 1.75 bits per heavy atom. The van der Waals surface area contributed by atoms with Crippen molar-refractivity contribution in [1.82, 2.24) is 5.32 Å². The number of rotatable bonds is 8. The Kier molecular flexibility index (Phi) is 5.78. The van der Waals surface area contributed by atoms with Gasteiger partial charge in [-0.15, -0.1) is 0 Å². The molecule has 0 unspecified atom stereocenters. The monoisotopic (exact) mass is 380 g/mol. The number of nitrogens with one attached hydrogen (secondary N) is 1. The number of carboxylic acid groups (broad SMARTS) is 1. The summed E-state index contributed by atoms with van der Waals surface area (Å²) in [6, 6.07) is 17.3. The Hall–Kier alpha value is -3.15. The maximum atomic E-state index is 13.3. The maximum absolute atomic E-state index is 13.3.